The van der Waals surface area contributed by atoms with Crippen molar-refractivity contribution in [1.29, 1.82) is 0 Å². The molecule has 1 atom stereocenters. The van der Waals surface area contributed by atoms with Crippen molar-refractivity contribution in [1.82, 2.24) is 5.32 Å². The van der Waals surface area contributed by atoms with Gasteiger partial charge in [-0.15, -0.1) is 0 Å². The predicted octanol–water partition coefficient (Wildman–Crippen LogP) is 1.20. The molecular formula is C12H21NO4. The minimum atomic E-state index is -0.538. The number of carbonyl (C=O) groups excluding carboxylic acids is 3. The van der Waals surface area contributed by atoms with Gasteiger partial charge in [-0.2, -0.15) is 0 Å². The van der Waals surface area contributed by atoms with Gasteiger partial charge in [0.1, 0.15) is 0 Å². The topological polar surface area (TPSA) is 72.5 Å². The molecule has 0 aliphatic heterocycles. The molecule has 98 valence electrons. The molecular weight excluding hydrogens is 222 g/mol. The molecule has 1 N–H and O–H groups in total. The van der Waals surface area contributed by atoms with Gasteiger partial charge >= 0.3 is 5.97 Å². The molecule has 0 heterocycles. The zero-order valence-electron chi connectivity index (χ0n) is 10.7. The number of amides is 1. The Kier molecular flexibility index (Phi) is 8.01. The standard InChI is InChI=1S/C12H21NO4/c1-4-6-11(15)13-9(3)10(14)7-8-12(16)17-5-2/h9H,4-8H2,1-3H3,(H,13,15). The molecule has 17 heavy (non-hydrogen) atoms. The first kappa shape index (κ1) is 15.6. The summed E-state index contributed by atoms with van der Waals surface area (Å²) in [6, 6.07) is -0.538. The quantitative estimate of drug-likeness (QED) is 0.650. The van der Waals surface area contributed by atoms with E-state index in [-0.39, 0.29) is 30.5 Å². The summed E-state index contributed by atoms with van der Waals surface area (Å²) < 4.78 is 4.71. The molecule has 0 saturated heterocycles. The Bertz CT molecular complexity index is 276. The van der Waals surface area contributed by atoms with Gasteiger partial charge in [-0.05, 0) is 20.3 Å². The van der Waals surface area contributed by atoms with Crippen molar-refractivity contribution in [3.63, 3.8) is 0 Å². The Morgan fingerprint density at radius 3 is 2.29 bits per heavy atom. The van der Waals surface area contributed by atoms with Gasteiger partial charge in [0.15, 0.2) is 5.78 Å². The van der Waals surface area contributed by atoms with Crippen LogP contribution in [-0.2, 0) is 19.1 Å². The van der Waals surface area contributed by atoms with Crippen LogP contribution in [0.2, 0.25) is 0 Å². The average Bonchev–Trinajstić information content (AvgIpc) is 2.26. The maximum absolute atomic E-state index is 11.6. The Morgan fingerprint density at radius 2 is 1.76 bits per heavy atom. The van der Waals surface area contributed by atoms with Crippen LogP contribution in [-0.4, -0.2) is 30.3 Å². The lowest BCUT2D eigenvalue weighted by atomic mass is 10.1. The smallest absolute Gasteiger partial charge is 0.306 e. The lowest BCUT2D eigenvalue weighted by Crippen LogP contribution is -2.38. The number of rotatable bonds is 8. The zero-order chi connectivity index (χ0) is 13.3. The maximum Gasteiger partial charge on any atom is 0.306 e. The van der Waals surface area contributed by atoms with Crippen LogP contribution in [0.25, 0.3) is 0 Å². The van der Waals surface area contributed by atoms with Crippen LogP contribution in [0.15, 0.2) is 0 Å². The van der Waals surface area contributed by atoms with Gasteiger partial charge in [-0.1, -0.05) is 6.92 Å². The molecule has 0 aliphatic rings. The molecule has 0 aromatic heterocycles. The van der Waals surface area contributed by atoms with Crippen molar-refractivity contribution in [2.24, 2.45) is 0 Å². The van der Waals surface area contributed by atoms with Crippen LogP contribution in [0, 0.1) is 0 Å². The van der Waals surface area contributed by atoms with E-state index in [1.165, 1.54) is 0 Å². The second-order valence-corrected chi connectivity index (χ2v) is 3.81. The van der Waals surface area contributed by atoms with Gasteiger partial charge in [-0.25, -0.2) is 0 Å². The van der Waals surface area contributed by atoms with E-state index >= 15 is 0 Å². The summed E-state index contributed by atoms with van der Waals surface area (Å²) in [7, 11) is 0. The zero-order valence-corrected chi connectivity index (χ0v) is 10.7. The number of hydrogen-bond donors (Lipinski definition) is 1. The van der Waals surface area contributed by atoms with Gasteiger partial charge < -0.3 is 10.1 Å². The summed E-state index contributed by atoms with van der Waals surface area (Å²) >= 11 is 0. The van der Waals surface area contributed by atoms with E-state index in [0.717, 1.165) is 6.42 Å². The summed E-state index contributed by atoms with van der Waals surface area (Å²) in [4.78, 5) is 33.8. The van der Waals surface area contributed by atoms with Crippen molar-refractivity contribution in [3.8, 4) is 0 Å². The van der Waals surface area contributed by atoms with Crippen molar-refractivity contribution < 1.29 is 19.1 Å². The lowest BCUT2D eigenvalue weighted by molar-refractivity contribution is -0.144. The number of ether oxygens (including phenoxy) is 1. The van der Waals surface area contributed by atoms with E-state index in [4.69, 9.17) is 4.74 Å². The first-order valence-corrected chi connectivity index (χ1v) is 5.98. The highest BCUT2D eigenvalue weighted by molar-refractivity contribution is 5.90. The first-order valence-electron chi connectivity index (χ1n) is 5.98. The van der Waals surface area contributed by atoms with E-state index in [0.29, 0.717) is 13.0 Å². The molecule has 0 saturated carbocycles. The minimum absolute atomic E-state index is 0.0701. The van der Waals surface area contributed by atoms with E-state index in [1.807, 2.05) is 6.92 Å². The Morgan fingerprint density at radius 1 is 1.12 bits per heavy atom. The number of nitrogens with one attached hydrogen (secondary N) is 1. The van der Waals surface area contributed by atoms with Crippen molar-refractivity contribution in [3.05, 3.63) is 0 Å². The molecule has 0 aromatic carbocycles. The molecule has 0 aromatic rings. The predicted molar refractivity (Wildman–Crippen MR) is 63.4 cm³/mol. The number of carbonyl (C=O) groups is 3. The SMILES string of the molecule is CCCC(=O)NC(C)C(=O)CCC(=O)OCC. The fourth-order valence-electron chi connectivity index (χ4n) is 1.30. The number of esters is 1. The largest absolute Gasteiger partial charge is 0.466 e. The molecule has 0 fully saturated rings. The Labute approximate surface area is 102 Å². The highest BCUT2D eigenvalue weighted by Gasteiger charge is 2.16. The third-order valence-corrected chi connectivity index (χ3v) is 2.22. The maximum atomic E-state index is 11.6. The minimum Gasteiger partial charge on any atom is -0.466 e. The molecule has 1 unspecified atom stereocenters. The van der Waals surface area contributed by atoms with Crippen molar-refractivity contribution in [2.75, 3.05) is 6.61 Å². The van der Waals surface area contributed by atoms with E-state index in [1.54, 1.807) is 13.8 Å². The van der Waals surface area contributed by atoms with Crippen LogP contribution in [0.3, 0.4) is 0 Å². The third kappa shape index (κ3) is 7.49. The summed E-state index contributed by atoms with van der Waals surface area (Å²) in [5.74, 6) is -0.667. The van der Waals surface area contributed by atoms with Crippen LogP contribution in [0.1, 0.15) is 46.5 Å². The summed E-state index contributed by atoms with van der Waals surface area (Å²) in [5.41, 5.74) is 0. The first-order chi connectivity index (χ1) is 8.01. The van der Waals surface area contributed by atoms with E-state index < -0.39 is 6.04 Å². The Balaban J connectivity index is 3.89. The van der Waals surface area contributed by atoms with Gasteiger partial charge in [-0.3, -0.25) is 14.4 Å². The van der Waals surface area contributed by atoms with Gasteiger partial charge in [0.2, 0.25) is 5.91 Å². The fraction of sp³-hybridized carbons (Fsp3) is 0.750. The van der Waals surface area contributed by atoms with Crippen LogP contribution in [0.5, 0.6) is 0 Å². The number of hydrogen-bond acceptors (Lipinski definition) is 4. The average molecular weight is 243 g/mol. The molecule has 0 spiro atoms. The van der Waals surface area contributed by atoms with Crippen LogP contribution in [0.4, 0.5) is 0 Å². The molecule has 0 aliphatic carbocycles. The summed E-state index contributed by atoms with van der Waals surface area (Å²) in [5, 5.41) is 2.60. The van der Waals surface area contributed by atoms with Crippen molar-refractivity contribution in [2.45, 2.75) is 52.5 Å². The van der Waals surface area contributed by atoms with Gasteiger partial charge in [0.25, 0.3) is 0 Å². The third-order valence-electron chi connectivity index (χ3n) is 2.22. The molecule has 5 nitrogen and oxygen atoms in total. The second kappa shape index (κ2) is 8.73. The fourth-order valence-corrected chi connectivity index (χ4v) is 1.30. The summed E-state index contributed by atoms with van der Waals surface area (Å²) in [6.45, 7) is 5.55. The van der Waals surface area contributed by atoms with Gasteiger partial charge in [0, 0.05) is 12.8 Å². The van der Waals surface area contributed by atoms with Gasteiger partial charge in [0.05, 0.1) is 19.1 Å². The van der Waals surface area contributed by atoms with E-state index in [9.17, 15) is 14.4 Å². The van der Waals surface area contributed by atoms with Crippen LogP contribution >= 0.6 is 0 Å². The second-order valence-electron chi connectivity index (χ2n) is 3.81. The summed E-state index contributed by atoms with van der Waals surface area (Å²) in [6.07, 6.45) is 1.33. The molecule has 0 rings (SSSR count). The molecule has 1 amide bonds. The normalized spacial score (nSPS) is 11.7. The highest BCUT2D eigenvalue weighted by atomic mass is 16.5. The van der Waals surface area contributed by atoms with E-state index in [2.05, 4.69) is 5.32 Å². The number of Topliss-reactive ketones (excluding diaryl/α,β-unsaturated/α-hetero) is 1. The Hall–Kier alpha value is -1.39. The monoisotopic (exact) mass is 243 g/mol. The van der Waals surface area contributed by atoms with Crippen LogP contribution < -0.4 is 5.32 Å². The van der Waals surface area contributed by atoms with Crippen molar-refractivity contribution >= 4 is 17.7 Å². The molecule has 0 radical (unpaired) electrons. The highest BCUT2D eigenvalue weighted by Crippen LogP contribution is 1.99. The molecule has 5 heteroatoms. The lowest BCUT2D eigenvalue weighted by Gasteiger charge is -2.12. The molecule has 0 bridgehead atoms. The number of ketones is 1.